The molecule has 0 N–H and O–H groups in total. The second kappa shape index (κ2) is 11.5. The van der Waals surface area contributed by atoms with Crippen molar-refractivity contribution in [3.05, 3.63) is 114 Å². The number of para-hydroxylation sites is 1. The van der Waals surface area contributed by atoms with Gasteiger partial charge in [0, 0.05) is 12.1 Å². The van der Waals surface area contributed by atoms with Crippen LogP contribution in [0.4, 0.5) is 10.1 Å². The van der Waals surface area contributed by atoms with Crippen molar-refractivity contribution in [1.29, 1.82) is 0 Å². The van der Waals surface area contributed by atoms with Gasteiger partial charge in [0.05, 0.1) is 22.3 Å². The van der Waals surface area contributed by atoms with E-state index in [1.807, 2.05) is 37.3 Å². The van der Waals surface area contributed by atoms with Crippen molar-refractivity contribution < 1.29 is 23.5 Å². The molecular weight excluding hydrogens is 553 g/mol. The lowest BCUT2D eigenvalue weighted by Gasteiger charge is -2.28. The molecule has 9 heteroatoms. The second-order valence-corrected chi connectivity index (χ2v) is 11.1. The quantitative estimate of drug-likeness (QED) is 0.206. The summed E-state index contributed by atoms with van der Waals surface area (Å²) in [4.78, 5) is 47.4. The normalized spacial score (nSPS) is 14.9. The molecule has 1 aliphatic heterocycles. The maximum Gasteiger partial charge on any atom is 0.261 e. The maximum absolute atomic E-state index is 13.7. The number of aromatic nitrogens is 1. The number of amides is 3. The van der Waals surface area contributed by atoms with Crippen molar-refractivity contribution >= 4 is 45.0 Å². The summed E-state index contributed by atoms with van der Waals surface area (Å²) in [6.45, 7) is 1.74. The number of nitrogens with zero attached hydrogens (tertiary/aromatic N) is 3. The lowest BCUT2D eigenvalue weighted by molar-refractivity contribution is -0.140. The smallest absolute Gasteiger partial charge is 0.261 e. The summed E-state index contributed by atoms with van der Waals surface area (Å²) < 4.78 is 20.3. The van der Waals surface area contributed by atoms with Gasteiger partial charge in [-0.15, -0.1) is 11.3 Å². The highest BCUT2D eigenvalue weighted by atomic mass is 32.1. The van der Waals surface area contributed by atoms with E-state index in [-0.39, 0.29) is 19.6 Å². The monoisotopic (exact) mass is 579 g/mol. The van der Waals surface area contributed by atoms with E-state index in [0.29, 0.717) is 17.0 Å². The second-order valence-electron chi connectivity index (χ2n) is 10.1. The van der Waals surface area contributed by atoms with Gasteiger partial charge in [-0.05, 0) is 78.7 Å². The van der Waals surface area contributed by atoms with E-state index in [1.165, 1.54) is 17.0 Å². The fourth-order valence-electron chi connectivity index (χ4n) is 4.94. The molecule has 2 heterocycles. The van der Waals surface area contributed by atoms with Crippen LogP contribution in [0.1, 0.15) is 17.5 Å². The summed E-state index contributed by atoms with van der Waals surface area (Å²) in [5.41, 5.74) is 3.99. The van der Waals surface area contributed by atoms with Crippen LogP contribution in [0.5, 0.6) is 5.75 Å². The largest absolute Gasteiger partial charge is 0.484 e. The Morgan fingerprint density at radius 1 is 1.00 bits per heavy atom. The Kier molecular flexibility index (Phi) is 7.50. The topological polar surface area (TPSA) is 79.8 Å². The van der Waals surface area contributed by atoms with E-state index in [9.17, 15) is 18.8 Å². The zero-order chi connectivity index (χ0) is 29.2. The van der Waals surface area contributed by atoms with Crippen LogP contribution in [0, 0.1) is 12.7 Å². The van der Waals surface area contributed by atoms with Gasteiger partial charge in [0.2, 0.25) is 5.91 Å². The molecule has 7 nitrogen and oxygen atoms in total. The zero-order valence-electron chi connectivity index (χ0n) is 22.7. The fraction of sp³-hybridized carbons (Fsp3) is 0.152. The molecule has 0 saturated carbocycles. The van der Waals surface area contributed by atoms with Crippen molar-refractivity contribution in [2.24, 2.45) is 0 Å². The summed E-state index contributed by atoms with van der Waals surface area (Å²) in [6, 6.07) is 26.7. The van der Waals surface area contributed by atoms with Crippen LogP contribution < -0.4 is 9.64 Å². The Hall–Kier alpha value is -4.89. The number of halogens is 1. The molecule has 0 bridgehead atoms. The van der Waals surface area contributed by atoms with Crippen LogP contribution in [-0.4, -0.2) is 40.3 Å². The Labute approximate surface area is 245 Å². The molecule has 0 radical (unpaired) electrons. The number of hydrogen-bond donors (Lipinski definition) is 0. The zero-order valence-corrected chi connectivity index (χ0v) is 23.5. The highest BCUT2D eigenvalue weighted by molar-refractivity contribution is 7.21. The van der Waals surface area contributed by atoms with Gasteiger partial charge < -0.3 is 9.64 Å². The van der Waals surface area contributed by atoms with E-state index >= 15 is 0 Å². The summed E-state index contributed by atoms with van der Waals surface area (Å²) in [5, 5.41) is 0.841. The van der Waals surface area contributed by atoms with Gasteiger partial charge in [0.25, 0.3) is 11.8 Å². The molecule has 3 amide bonds. The third-order valence-corrected chi connectivity index (χ3v) is 8.17. The molecule has 0 aliphatic carbocycles. The molecule has 0 spiro atoms. The van der Waals surface area contributed by atoms with Crippen LogP contribution in [0.3, 0.4) is 0 Å². The number of hydrogen-bond acceptors (Lipinski definition) is 6. The minimum atomic E-state index is -1.03. The number of rotatable bonds is 8. The van der Waals surface area contributed by atoms with Gasteiger partial charge in [0.1, 0.15) is 22.6 Å². The summed E-state index contributed by atoms with van der Waals surface area (Å²) in [6.07, 6.45) is -0.171. The van der Waals surface area contributed by atoms with Crippen LogP contribution in [0.2, 0.25) is 0 Å². The highest BCUT2D eigenvalue weighted by Crippen LogP contribution is 2.33. The SMILES string of the molecule is Cc1ccc2nc(-c3ccc(N4C(=O)CC(N(Cc5ccc(F)cc5)C(=O)COc5ccccc5)C4=O)cc3)sc2c1. The molecule has 6 rings (SSSR count). The van der Waals surface area contributed by atoms with E-state index < -0.39 is 29.6 Å². The highest BCUT2D eigenvalue weighted by Gasteiger charge is 2.44. The number of ether oxygens (including phenoxy) is 1. The van der Waals surface area contributed by atoms with Gasteiger partial charge in [-0.1, -0.05) is 36.4 Å². The number of aryl methyl sites for hydroxylation is 1. The van der Waals surface area contributed by atoms with Crippen molar-refractivity contribution in [2.45, 2.75) is 25.9 Å². The molecule has 1 saturated heterocycles. The molecule has 1 aliphatic rings. The Morgan fingerprint density at radius 3 is 2.48 bits per heavy atom. The molecule has 1 atom stereocenters. The van der Waals surface area contributed by atoms with Crippen LogP contribution >= 0.6 is 11.3 Å². The molecule has 210 valence electrons. The lowest BCUT2D eigenvalue weighted by Crippen LogP contribution is -2.46. The number of fused-ring (bicyclic) bond motifs is 1. The first-order valence-electron chi connectivity index (χ1n) is 13.4. The van der Waals surface area contributed by atoms with E-state index in [1.54, 1.807) is 59.9 Å². The first-order chi connectivity index (χ1) is 20.4. The molecule has 1 aromatic heterocycles. The molecular formula is C33H26FN3O4S. The maximum atomic E-state index is 13.7. The molecule has 42 heavy (non-hydrogen) atoms. The first-order valence-corrected chi connectivity index (χ1v) is 14.2. The molecule has 1 unspecified atom stereocenters. The third-order valence-electron chi connectivity index (χ3n) is 7.11. The van der Waals surface area contributed by atoms with Crippen LogP contribution in [0.25, 0.3) is 20.8 Å². The number of anilines is 1. The van der Waals surface area contributed by atoms with E-state index in [0.717, 1.165) is 31.3 Å². The number of carbonyl (C=O) groups is 3. The lowest BCUT2D eigenvalue weighted by atomic mass is 10.1. The number of thiazole rings is 1. The van der Waals surface area contributed by atoms with Gasteiger partial charge in [-0.25, -0.2) is 14.3 Å². The van der Waals surface area contributed by atoms with Gasteiger partial charge in [-0.3, -0.25) is 14.4 Å². The van der Waals surface area contributed by atoms with Crippen molar-refractivity contribution in [2.75, 3.05) is 11.5 Å². The van der Waals surface area contributed by atoms with Gasteiger partial charge in [0.15, 0.2) is 6.61 Å². The Balaban J connectivity index is 1.23. The number of benzene rings is 4. The van der Waals surface area contributed by atoms with Gasteiger partial charge >= 0.3 is 0 Å². The van der Waals surface area contributed by atoms with Crippen molar-refractivity contribution in [1.82, 2.24) is 9.88 Å². The molecule has 4 aromatic carbocycles. The minimum Gasteiger partial charge on any atom is -0.484 e. The van der Waals surface area contributed by atoms with Crippen LogP contribution in [-0.2, 0) is 20.9 Å². The standard InChI is InChI=1S/C33H26FN3O4S/c1-21-7-16-27-29(17-21)42-32(35-27)23-10-14-25(15-11-23)37-30(38)18-28(33(37)40)36(19-22-8-12-24(34)13-9-22)31(39)20-41-26-5-3-2-4-6-26/h2-17,28H,18-20H2,1H3. The summed E-state index contributed by atoms with van der Waals surface area (Å²) in [5.74, 6) is -1.27. The minimum absolute atomic E-state index is 0.0187. The van der Waals surface area contributed by atoms with Gasteiger partial charge in [-0.2, -0.15) is 0 Å². The predicted molar refractivity (Wildman–Crippen MR) is 160 cm³/mol. The predicted octanol–water partition coefficient (Wildman–Crippen LogP) is 6.15. The van der Waals surface area contributed by atoms with Crippen LogP contribution in [0.15, 0.2) is 97.1 Å². The average molecular weight is 580 g/mol. The van der Waals surface area contributed by atoms with Crippen molar-refractivity contribution in [3.8, 4) is 16.3 Å². The third kappa shape index (κ3) is 5.64. The number of carbonyl (C=O) groups excluding carboxylic acids is 3. The average Bonchev–Trinajstić information content (AvgIpc) is 3.55. The van der Waals surface area contributed by atoms with Crippen molar-refractivity contribution in [3.63, 3.8) is 0 Å². The fourth-order valence-corrected chi connectivity index (χ4v) is 6.01. The molecule has 5 aromatic rings. The Morgan fingerprint density at radius 2 is 1.74 bits per heavy atom. The van der Waals surface area contributed by atoms with E-state index in [4.69, 9.17) is 9.72 Å². The Bertz CT molecular complexity index is 1770. The summed E-state index contributed by atoms with van der Waals surface area (Å²) >= 11 is 1.58. The summed E-state index contributed by atoms with van der Waals surface area (Å²) in [7, 11) is 0. The first kappa shape index (κ1) is 27.3. The molecule has 1 fully saturated rings. The number of imide groups is 1. The van der Waals surface area contributed by atoms with E-state index in [2.05, 4.69) is 6.07 Å².